The van der Waals surface area contributed by atoms with Gasteiger partial charge in [-0.25, -0.2) is 0 Å². The number of nitrogens with zero attached hydrogens (tertiary/aromatic N) is 1. The molecule has 0 spiro atoms. The van der Waals surface area contributed by atoms with Gasteiger partial charge in [0.15, 0.2) is 0 Å². The van der Waals surface area contributed by atoms with Crippen LogP contribution in [0, 0.1) is 0 Å². The van der Waals surface area contributed by atoms with Crippen LogP contribution in [0.1, 0.15) is 0 Å². The molecule has 0 aliphatic heterocycles. The van der Waals surface area contributed by atoms with E-state index in [0.717, 1.165) is 55.5 Å². The first-order valence-electron chi connectivity index (χ1n) is 18.5. The van der Waals surface area contributed by atoms with Gasteiger partial charge in [-0.2, -0.15) is 0 Å². The Hall–Kier alpha value is -7.16. The lowest BCUT2D eigenvalue weighted by molar-refractivity contribution is 0.673. The molecule has 0 amide bonds. The molecule has 2 nitrogen and oxygen atoms in total. The van der Waals surface area contributed by atoms with Crippen molar-refractivity contribution in [3.05, 3.63) is 200 Å². The van der Waals surface area contributed by atoms with Crippen LogP contribution in [0.4, 0.5) is 17.1 Å². The second kappa shape index (κ2) is 12.2. The van der Waals surface area contributed by atoms with Crippen molar-refractivity contribution in [3.63, 3.8) is 0 Å². The number of hydrogen-bond acceptors (Lipinski definition) is 2. The van der Waals surface area contributed by atoms with Gasteiger partial charge in [0.05, 0.1) is 5.69 Å². The highest BCUT2D eigenvalue weighted by Gasteiger charge is 2.18. The zero-order valence-corrected chi connectivity index (χ0v) is 29.4. The fourth-order valence-electron chi connectivity index (χ4n) is 8.50. The Morgan fingerprint density at radius 2 is 0.833 bits per heavy atom. The smallest absolute Gasteiger partial charge is 0.143 e. The van der Waals surface area contributed by atoms with Gasteiger partial charge < -0.3 is 9.32 Å². The van der Waals surface area contributed by atoms with E-state index in [4.69, 9.17) is 4.42 Å². The largest absolute Gasteiger partial charge is 0.455 e. The Kier molecular flexibility index (Phi) is 6.90. The van der Waals surface area contributed by atoms with Gasteiger partial charge in [0.25, 0.3) is 0 Å². The zero-order chi connectivity index (χ0) is 35.6. The molecule has 252 valence electrons. The third-order valence-electron chi connectivity index (χ3n) is 11.1. The van der Waals surface area contributed by atoms with Crippen LogP contribution in [0.15, 0.2) is 205 Å². The molecule has 0 saturated carbocycles. The highest BCUT2D eigenvalue weighted by molar-refractivity contribution is 6.19. The summed E-state index contributed by atoms with van der Waals surface area (Å²) in [5.41, 5.74) is 9.92. The molecule has 0 aliphatic carbocycles. The van der Waals surface area contributed by atoms with Crippen LogP contribution in [-0.2, 0) is 0 Å². The third-order valence-corrected chi connectivity index (χ3v) is 11.1. The van der Waals surface area contributed by atoms with Gasteiger partial charge in [-0.15, -0.1) is 0 Å². The normalized spacial score (nSPS) is 11.7. The summed E-state index contributed by atoms with van der Waals surface area (Å²) < 4.78 is 6.52. The molecule has 10 aromatic carbocycles. The first kappa shape index (κ1) is 30.5. The van der Waals surface area contributed by atoms with Crippen molar-refractivity contribution in [2.45, 2.75) is 0 Å². The SMILES string of the molecule is c1ccc2c(N(c3ccc(-c4cccc5c4ccc4ccccc45)cc3)c3ccc(-c4cccc5oc6c7ccccc7ccc6c45)cc3)cccc2c1. The number of rotatable bonds is 5. The molecular formula is C52H33NO. The molecule has 0 radical (unpaired) electrons. The van der Waals surface area contributed by atoms with E-state index in [1.54, 1.807) is 0 Å². The molecule has 1 aromatic heterocycles. The average Bonchev–Trinajstić information content (AvgIpc) is 3.64. The second-order valence-electron chi connectivity index (χ2n) is 14.1. The van der Waals surface area contributed by atoms with Crippen LogP contribution in [0.5, 0.6) is 0 Å². The topological polar surface area (TPSA) is 16.4 Å². The average molecular weight is 688 g/mol. The number of hydrogen-bond donors (Lipinski definition) is 0. The zero-order valence-electron chi connectivity index (χ0n) is 29.4. The Morgan fingerprint density at radius 1 is 0.315 bits per heavy atom. The van der Waals surface area contributed by atoms with Crippen LogP contribution in [0.2, 0.25) is 0 Å². The minimum atomic E-state index is 0.903. The molecule has 0 fully saturated rings. The van der Waals surface area contributed by atoms with E-state index in [1.807, 2.05) is 0 Å². The lowest BCUT2D eigenvalue weighted by atomic mass is 9.94. The molecular weight excluding hydrogens is 655 g/mol. The van der Waals surface area contributed by atoms with E-state index in [2.05, 4.69) is 205 Å². The van der Waals surface area contributed by atoms with E-state index < -0.39 is 0 Å². The summed E-state index contributed by atoms with van der Waals surface area (Å²) in [7, 11) is 0. The van der Waals surface area contributed by atoms with E-state index in [-0.39, 0.29) is 0 Å². The van der Waals surface area contributed by atoms with Crippen molar-refractivity contribution >= 4 is 82.1 Å². The van der Waals surface area contributed by atoms with Crippen molar-refractivity contribution in [1.82, 2.24) is 0 Å². The van der Waals surface area contributed by atoms with Crippen molar-refractivity contribution in [2.24, 2.45) is 0 Å². The van der Waals surface area contributed by atoms with Crippen molar-refractivity contribution in [3.8, 4) is 22.3 Å². The van der Waals surface area contributed by atoms with Crippen LogP contribution < -0.4 is 4.90 Å². The van der Waals surface area contributed by atoms with E-state index in [0.29, 0.717) is 0 Å². The summed E-state index contributed by atoms with van der Waals surface area (Å²) >= 11 is 0. The first-order chi connectivity index (χ1) is 26.8. The molecule has 0 N–H and O–H groups in total. The summed E-state index contributed by atoms with van der Waals surface area (Å²) in [6, 6.07) is 72.2. The summed E-state index contributed by atoms with van der Waals surface area (Å²) in [6.07, 6.45) is 0. The van der Waals surface area contributed by atoms with Gasteiger partial charge in [-0.3, -0.25) is 0 Å². The van der Waals surface area contributed by atoms with Crippen molar-refractivity contribution in [2.75, 3.05) is 4.90 Å². The van der Waals surface area contributed by atoms with Gasteiger partial charge in [0, 0.05) is 32.9 Å². The van der Waals surface area contributed by atoms with E-state index >= 15 is 0 Å². The van der Waals surface area contributed by atoms with Crippen molar-refractivity contribution in [1.29, 1.82) is 0 Å². The minimum absolute atomic E-state index is 0.903. The van der Waals surface area contributed by atoms with Crippen LogP contribution in [0.3, 0.4) is 0 Å². The minimum Gasteiger partial charge on any atom is -0.455 e. The van der Waals surface area contributed by atoms with Gasteiger partial charge in [0.2, 0.25) is 0 Å². The summed E-state index contributed by atoms with van der Waals surface area (Å²) in [4.78, 5) is 2.38. The lowest BCUT2D eigenvalue weighted by Crippen LogP contribution is -2.10. The maximum Gasteiger partial charge on any atom is 0.143 e. The van der Waals surface area contributed by atoms with Gasteiger partial charge in [-0.1, -0.05) is 158 Å². The summed E-state index contributed by atoms with van der Waals surface area (Å²) in [6.45, 7) is 0. The highest BCUT2D eigenvalue weighted by Crippen LogP contribution is 2.43. The van der Waals surface area contributed by atoms with Crippen LogP contribution >= 0.6 is 0 Å². The molecule has 2 heteroatoms. The molecule has 1 heterocycles. The molecule has 0 bridgehead atoms. The molecule has 0 saturated heterocycles. The number of fused-ring (bicyclic) bond motifs is 9. The number of furan rings is 1. The molecule has 54 heavy (non-hydrogen) atoms. The standard InChI is InChI=1S/C52H33NO/c1-4-14-41-35(11-1)26-32-47-42(17-8-19-46(41)47)37-22-28-39(29-23-37)53(49-20-7-13-34-10-2-5-15-43(34)49)40-30-24-38(25-31-40)44-18-9-21-50-51(44)48-33-27-36-12-3-6-16-45(36)52(48)54-50/h1-33H. The fourth-order valence-corrected chi connectivity index (χ4v) is 8.50. The molecule has 0 unspecified atom stereocenters. The molecule has 11 rings (SSSR count). The molecule has 11 aromatic rings. The molecule has 0 atom stereocenters. The van der Waals surface area contributed by atoms with E-state index in [1.165, 1.54) is 48.8 Å². The van der Waals surface area contributed by atoms with Gasteiger partial charge in [-0.05, 0) is 97.0 Å². The predicted octanol–water partition coefficient (Wildman–Crippen LogP) is 15.0. The number of benzene rings is 10. The van der Waals surface area contributed by atoms with Gasteiger partial charge >= 0.3 is 0 Å². The third kappa shape index (κ3) is 4.81. The second-order valence-corrected chi connectivity index (χ2v) is 14.1. The lowest BCUT2D eigenvalue weighted by Gasteiger charge is -2.27. The maximum atomic E-state index is 6.52. The van der Waals surface area contributed by atoms with Gasteiger partial charge in [0.1, 0.15) is 11.2 Å². The highest BCUT2D eigenvalue weighted by atomic mass is 16.3. The number of anilines is 3. The quantitative estimate of drug-likeness (QED) is 0.168. The van der Waals surface area contributed by atoms with Crippen molar-refractivity contribution < 1.29 is 4.42 Å². The summed E-state index contributed by atoms with van der Waals surface area (Å²) in [5.74, 6) is 0. The Balaban J connectivity index is 1.03. The monoisotopic (exact) mass is 687 g/mol. The fraction of sp³-hybridized carbons (Fsp3) is 0. The first-order valence-corrected chi connectivity index (χ1v) is 18.5. The predicted molar refractivity (Wildman–Crippen MR) is 229 cm³/mol. The molecule has 0 aliphatic rings. The maximum absolute atomic E-state index is 6.52. The van der Waals surface area contributed by atoms with Crippen LogP contribution in [0.25, 0.3) is 87.3 Å². The van der Waals surface area contributed by atoms with E-state index in [9.17, 15) is 0 Å². The Labute approximate surface area is 312 Å². The Bertz CT molecular complexity index is 3200. The summed E-state index contributed by atoms with van der Waals surface area (Å²) in [5, 5.41) is 12.1. The van der Waals surface area contributed by atoms with Crippen LogP contribution in [-0.4, -0.2) is 0 Å². The Morgan fingerprint density at radius 3 is 1.57 bits per heavy atom.